The minimum absolute atomic E-state index is 0.208. The lowest BCUT2D eigenvalue weighted by atomic mass is 10.1. The standard InChI is InChI=1S/C25H23Cl2FN4O/c26-18-7-11-22(21(27)15-18)32-24-17(14-16-4-8-19(28)9-5-16)6-10-20(24)23(29-32)25(33)30-31-12-2-1-3-13-31/h4-5,7-9,11,14-15H,1-3,6,10,12-13H2,(H,30,33). The molecule has 3 aromatic rings. The van der Waals surface area contributed by atoms with Crippen LogP contribution in [0, 0.1) is 5.82 Å². The minimum atomic E-state index is -0.279. The number of hydrazine groups is 1. The molecule has 2 heterocycles. The van der Waals surface area contributed by atoms with Gasteiger partial charge in [0.2, 0.25) is 0 Å². The summed E-state index contributed by atoms with van der Waals surface area (Å²) in [7, 11) is 0. The molecule has 2 aromatic carbocycles. The van der Waals surface area contributed by atoms with E-state index in [-0.39, 0.29) is 11.7 Å². The molecular formula is C25H23Cl2FN4O. The number of halogens is 3. The van der Waals surface area contributed by atoms with Gasteiger partial charge in [-0.15, -0.1) is 0 Å². The predicted octanol–water partition coefficient (Wildman–Crippen LogP) is 5.94. The highest BCUT2D eigenvalue weighted by Gasteiger charge is 2.31. The summed E-state index contributed by atoms with van der Waals surface area (Å²) >= 11 is 12.6. The third-order valence-corrected chi connectivity index (χ3v) is 6.65. The van der Waals surface area contributed by atoms with Gasteiger partial charge < -0.3 is 0 Å². The molecule has 0 saturated carbocycles. The molecule has 33 heavy (non-hydrogen) atoms. The van der Waals surface area contributed by atoms with Crippen LogP contribution in [0.1, 0.15) is 53.0 Å². The topological polar surface area (TPSA) is 50.2 Å². The largest absolute Gasteiger partial charge is 0.286 e. The Labute approximate surface area is 201 Å². The maximum atomic E-state index is 13.4. The van der Waals surface area contributed by atoms with Crippen LogP contribution in [0.3, 0.4) is 0 Å². The molecule has 2 aliphatic rings. The highest BCUT2D eigenvalue weighted by molar-refractivity contribution is 6.35. The molecule has 0 atom stereocenters. The molecule has 170 valence electrons. The zero-order valence-electron chi connectivity index (χ0n) is 18.0. The molecular weight excluding hydrogens is 462 g/mol. The van der Waals surface area contributed by atoms with Gasteiger partial charge in [-0.05, 0) is 73.2 Å². The Hall–Kier alpha value is -2.67. The Morgan fingerprint density at radius 3 is 2.52 bits per heavy atom. The van der Waals surface area contributed by atoms with Crippen LogP contribution in [0.5, 0.6) is 0 Å². The van der Waals surface area contributed by atoms with Gasteiger partial charge >= 0.3 is 0 Å². The van der Waals surface area contributed by atoms with Crippen LogP contribution in [0.4, 0.5) is 4.39 Å². The molecule has 5 rings (SSSR count). The number of rotatable bonds is 4. The van der Waals surface area contributed by atoms with Crippen molar-refractivity contribution in [1.82, 2.24) is 20.2 Å². The summed E-state index contributed by atoms with van der Waals surface area (Å²) in [5.41, 5.74) is 7.74. The Bertz CT molecular complexity index is 1230. The van der Waals surface area contributed by atoms with Crippen LogP contribution >= 0.6 is 23.2 Å². The van der Waals surface area contributed by atoms with E-state index in [0.29, 0.717) is 27.8 Å². The van der Waals surface area contributed by atoms with Gasteiger partial charge in [-0.25, -0.2) is 14.1 Å². The van der Waals surface area contributed by atoms with Gasteiger partial charge in [0.05, 0.1) is 16.4 Å². The van der Waals surface area contributed by atoms with Crippen LogP contribution in [0.15, 0.2) is 42.5 Å². The van der Waals surface area contributed by atoms with Crippen LogP contribution in [-0.2, 0) is 6.42 Å². The fraction of sp³-hybridized carbons (Fsp3) is 0.280. The summed E-state index contributed by atoms with van der Waals surface area (Å²) in [6.07, 6.45) is 6.77. The van der Waals surface area contributed by atoms with E-state index < -0.39 is 0 Å². The zero-order valence-corrected chi connectivity index (χ0v) is 19.5. The van der Waals surface area contributed by atoms with Crippen molar-refractivity contribution in [2.75, 3.05) is 13.1 Å². The fourth-order valence-electron chi connectivity index (χ4n) is 4.51. The molecule has 0 radical (unpaired) electrons. The minimum Gasteiger partial charge on any atom is -0.283 e. The quantitative estimate of drug-likeness (QED) is 0.498. The number of piperidine rings is 1. The number of nitrogens with one attached hydrogen (secondary N) is 1. The molecule has 1 fully saturated rings. The lowest BCUT2D eigenvalue weighted by Crippen LogP contribution is -2.45. The van der Waals surface area contributed by atoms with Gasteiger partial charge in [-0.2, -0.15) is 5.10 Å². The van der Waals surface area contributed by atoms with Crippen molar-refractivity contribution in [3.05, 3.63) is 80.8 Å². The van der Waals surface area contributed by atoms with E-state index in [2.05, 4.69) is 5.43 Å². The normalized spacial score (nSPS) is 17.4. The molecule has 0 unspecified atom stereocenters. The molecule has 5 nitrogen and oxygen atoms in total. The number of allylic oxidation sites excluding steroid dienone is 1. The maximum Gasteiger partial charge on any atom is 0.286 e. The third kappa shape index (κ3) is 4.56. The third-order valence-electron chi connectivity index (χ3n) is 6.11. The van der Waals surface area contributed by atoms with E-state index >= 15 is 0 Å². The summed E-state index contributed by atoms with van der Waals surface area (Å²) in [6, 6.07) is 11.6. The molecule has 0 spiro atoms. The summed E-state index contributed by atoms with van der Waals surface area (Å²) in [5, 5.41) is 7.66. The van der Waals surface area contributed by atoms with Crippen LogP contribution in [0.2, 0.25) is 10.0 Å². The lowest BCUT2D eigenvalue weighted by Gasteiger charge is -2.26. The van der Waals surface area contributed by atoms with Crippen molar-refractivity contribution in [2.24, 2.45) is 0 Å². The average molecular weight is 485 g/mol. The highest BCUT2D eigenvalue weighted by atomic mass is 35.5. The second-order valence-electron chi connectivity index (χ2n) is 8.39. The number of hydrogen-bond donors (Lipinski definition) is 1. The first kappa shape index (κ1) is 22.1. The van der Waals surface area contributed by atoms with Gasteiger partial charge in [0.1, 0.15) is 5.82 Å². The zero-order chi connectivity index (χ0) is 22.9. The summed E-state index contributed by atoms with van der Waals surface area (Å²) < 4.78 is 15.1. The number of nitrogens with zero attached hydrogens (tertiary/aromatic N) is 3. The van der Waals surface area contributed by atoms with Crippen LogP contribution in [-0.4, -0.2) is 33.8 Å². The SMILES string of the molecule is O=C(NN1CCCCC1)c1nn(-c2ccc(Cl)cc2Cl)c2c1CCC2=Cc1ccc(F)cc1. The van der Waals surface area contributed by atoms with E-state index in [1.54, 1.807) is 35.0 Å². The van der Waals surface area contributed by atoms with Gasteiger partial charge in [0, 0.05) is 23.7 Å². The van der Waals surface area contributed by atoms with Crippen molar-refractivity contribution < 1.29 is 9.18 Å². The van der Waals surface area contributed by atoms with Gasteiger partial charge in [-0.1, -0.05) is 41.8 Å². The first-order chi connectivity index (χ1) is 16.0. The van der Waals surface area contributed by atoms with Crippen molar-refractivity contribution in [2.45, 2.75) is 32.1 Å². The Morgan fingerprint density at radius 2 is 1.79 bits per heavy atom. The van der Waals surface area contributed by atoms with E-state index in [4.69, 9.17) is 28.3 Å². The Kier molecular flexibility index (Phi) is 6.23. The monoisotopic (exact) mass is 484 g/mol. The van der Waals surface area contributed by atoms with E-state index in [0.717, 1.165) is 54.7 Å². The summed E-state index contributed by atoms with van der Waals surface area (Å²) in [4.78, 5) is 13.2. The van der Waals surface area contributed by atoms with Gasteiger partial charge in [0.25, 0.3) is 5.91 Å². The predicted molar refractivity (Wildman–Crippen MR) is 129 cm³/mol. The molecule has 1 saturated heterocycles. The number of hydrogen-bond acceptors (Lipinski definition) is 3. The van der Waals surface area contributed by atoms with Crippen molar-refractivity contribution in [3.8, 4) is 5.69 Å². The number of benzene rings is 2. The van der Waals surface area contributed by atoms with Crippen molar-refractivity contribution in [1.29, 1.82) is 0 Å². The second kappa shape index (κ2) is 9.29. The van der Waals surface area contributed by atoms with E-state index in [1.807, 2.05) is 11.1 Å². The van der Waals surface area contributed by atoms with Crippen LogP contribution < -0.4 is 5.43 Å². The Balaban J connectivity index is 1.58. The van der Waals surface area contributed by atoms with Crippen molar-refractivity contribution >= 4 is 40.8 Å². The maximum absolute atomic E-state index is 13.4. The number of fused-ring (bicyclic) bond motifs is 1. The molecule has 1 amide bonds. The second-order valence-corrected chi connectivity index (χ2v) is 9.24. The molecule has 8 heteroatoms. The smallest absolute Gasteiger partial charge is 0.283 e. The lowest BCUT2D eigenvalue weighted by molar-refractivity contribution is 0.0743. The molecule has 1 N–H and O–H groups in total. The first-order valence-electron chi connectivity index (χ1n) is 11.1. The average Bonchev–Trinajstić information content (AvgIpc) is 3.37. The highest BCUT2D eigenvalue weighted by Crippen LogP contribution is 2.39. The van der Waals surface area contributed by atoms with E-state index in [9.17, 15) is 9.18 Å². The number of carbonyl (C=O) groups is 1. The van der Waals surface area contributed by atoms with Crippen molar-refractivity contribution in [3.63, 3.8) is 0 Å². The van der Waals surface area contributed by atoms with Crippen LogP contribution in [0.25, 0.3) is 17.3 Å². The van der Waals surface area contributed by atoms with Gasteiger partial charge in [-0.3, -0.25) is 10.2 Å². The first-order valence-corrected chi connectivity index (χ1v) is 11.8. The molecule has 1 aromatic heterocycles. The Morgan fingerprint density at radius 1 is 1.03 bits per heavy atom. The number of amides is 1. The summed E-state index contributed by atoms with van der Waals surface area (Å²) in [6.45, 7) is 1.68. The number of carbonyl (C=O) groups excluding carboxylic acids is 1. The number of aromatic nitrogens is 2. The van der Waals surface area contributed by atoms with Gasteiger partial charge in [0.15, 0.2) is 5.69 Å². The molecule has 0 bridgehead atoms. The fourth-order valence-corrected chi connectivity index (χ4v) is 5.00. The molecule has 1 aliphatic carbocycles. The van der Waals surface area contributed by atoms with E-state index in [1.165, 1.54) is 18.6 Å². The summed E-state index contributed by atoms with van der Waals surface area (Å²) in [5.74, 6) is -0.487. The molecule has 1 aliphatic heterocycles.